The molecule has 0 aromatic heterocycles. The van der Waals surface area contributed by atoms with Gasteiger partial charge < -0.3 is 24.4 Å². The average molecular weight is 349 g/mol. The van der Waals surface area contributed by atoms with Gasteiger partial charge in [-0.25, -0.2) is 4.99 Å². The van der Waals surface area contributed by atoms with Crippen molar-refractivity contribution in [2.75, 3.05) is 47.1 Å². The summed E-state index contributed by atoms with van der Waals surface area (Å²) >= 11 is 0. The Morgan fingerprint density at radius 2 is 2.12 bits per heavy atom. The minimum atomic E-state index is 0.583. The van der Waals surface area contributed by atoms with E-state index < -0.39 is 0 Å². The molecule has 0 aliphatic carbocycles. The first-order valence-electron chi connectivity index (χ1n) is 9.03. The topological polar surface area (TPSA) is 55.3 Å². The molecule has 0 radical (unpaired) electrons. The van der Waals surface area contributed by atoms with E-state index in [1.807, 2.05) is 25.1 Å². The van der Waals surface area contributed by atoms with Gasteiger partial charge in [-0.3, -0.25) is 0 Å². The fraction of sp³-hybridized carbons (Fsp3) is 0.632. The van der Waals surface area contributed by atoms with Crippen LogP contribution in [-0.4, -0.2) is 57.9 Å². The summed E-state index contributed by atoms with van der Waals surface area (Å²) < 4.78 is 16.3. The van der Waals surface area contributed by atoms with Crippen molar-refractivity contribution in [3.63, 3.8) is 0 Å². The van der Waals surface area contributed by atoms with Crippen LogP contribution in [0.5, 0.6) is 11.5 Å². The SMILES string of the molecule is CCNC(=NCc1ccc(OC)c(OCC)c1)N1CCC(COC)C1. The molecule has 1 aromatic carbocycles. The van der Waals surface area contributed by atoms with Crippen LogP contribution in [0.2, 0.25) is 0 Å². The van der Waals surface area contributed by atoms with Crippen molar-refractivity contribution in [2.24, 2.45) is 10.9 Å². The van der Waals surface area contributed by atoms with Gasteiger partial charge in [0.1, 0.15) is 0 Å². The highest BCUT2D eigenvalue weighted by Gasteiger charge is 2.24. The van der Waals surface area contributed by atoms with Crippen LogP contribution >= 0.6 is 0 Å². The highest BCUT2D eigenvalue weighted by atomic mass is 16.5. The van der Waals surface area contributed by atoms with Gasteiger partial charge in [0, 0.05) is 32.7 Å². The van der Waals surface area contributed by atoms with Crippen LogP contribution in [-0.2, 0) is 11.3 Å². The molecule has 1 aromatic rings. The number of likely N-dealkylation sites (tertiary alicyclic amines) is 1. The number of hydrogen-bond donors (Lipinski definition) is 1. The molecule has 0 saturated carbocycles. The van der Waals surface area contributed by atoms with Crippen LogP contribution in [0.4, 0.5) is 0 Å². The van der Waals surface area contributed by atoms with Gasteiger partial charge in [-0.15, -0.1) is 0 Å². The lowest BCUT2D eigenvalue weighted by Gasteiger charge is -2.21. The molecule has 1 saturated heterocycles. The van der Waals surface area contributed by atoms with Crippen molar-refractivity contribution in [3.8, 4) is 11.5 Å². The van der Waals surface area contributed by atoms with Crippen molar-refractivity contribution >= 4 is 5.96 Å². The molecule has 0 spiro atoms. The van der Waals surface area contributed by atoms with Gasteiger partial charge in [0.05, 0.1) is 26.9 Å². The second kappa shape index (κ2) is 10.1. The maximum Gasteiger partial charge on any atom is 0.194 e. The van der Waals surface area contributed by atoms with Gasteiger partial charge in [-0.1, -0.05) is 6.07 Å². The van der Waals surface area contributed by atoms with Crippen LogP contribution in [0.3, 0.4) is 0 Å². The van der Waals surface area contributed by atoms with Gasteiger partial charge in [0.2, 0.25) is 0 Å². The highest BCUT2D eigenvalue weighted by Crippen LogP contribution is 2.28. The minimum Gasteiger partial charge on any atom is -0.493 e. The predicted octanol–water partition coefficient (Wildman–Crippen LogP) is 2.53. The largest absolute Gasteiger partial charge is 0.493 e. The number of hydrogen-bond acceptors (Lipinski definition) is 4. The quantitative estimate of drug-likeness (QED) is 0.577. The van der Waals surface area contributed by atoms with Crippen molar-refractivity contribution in [1.82, 2.24) is 10.2 Å². The predicted molar refractivity (Wildman–Crippen MR) is 101 cm³/mol. The molecule has 6 nitrogen and oxygen atoms in total. The summed E-state index contributed by atoms with van der Waals surface area (Å²) in [7, 11) is 3.42. The van der Waals surface area contributed by atoms with E-state index in [2.05, 4.69) is 17.1 Å². The van der Waals surface area contributed by atoms with Crippen molar-refractivity contribution in [2.45, 2.75) is 26.8 Å². The van der Waals surface area contributed by atoms with Crippen LogP contribution < -0.4 is 14.8 Å². The number of aliphatic imine (C=N–C) groups is 1. The monoisotopic (exact) mass is 349 g/mol. The number of ether oxygens (including phenoxy) is 3. The number of rotatable bonds is 8. The van der Waals surface area contributed by atoms with Crippen molar-refractivity contribution in [3.05, 3.63) is 23.8 Å². The first kappa shape index (κ1) is 19.4. The highest BCUT2D eigenvalue weighted by molar-refractivity contribution is 5.80. The summed E-state index contributed by atoms with van der Waals surface area (Å²) in [5.74, 6) is 3.07. The summed E-state index contributed by atoms with van der Waals surface area (Å²) in [4.78, 5) is 7.13. The summed E-state index contributed by atoms with van der Waals surface area (Å²) in [6.45, 7) is 8.97. The molecule has 1 heterocycles. The maximum absolute atomic E-state index is 5.65. The third kappa shape index (κ3) is 5.53. The van der Waals surface area contributed by atoms with Gasteiger partial charge in [0.25, 0.3) is 0 Å². The Kier molecular flexibility index (Phi) is 7.85. The molecule has 1 aliphatic rings. The smallest absolute Gasteiger partial charge is 0.194 e. The Balaban J connectivity index is 2.07. The number of nitrogens with one attached hydrogen (secondary N) is 1. The third-order valence-electron chi connectivity index (χ3n) is 4.26. The van der Waals surface area contributed by atoms with Gasteiger partial charge >= 0.3 is 0 Å². The first-order valence-corrected chi connectivity index (χ1v) is 9.03. The first-order chi connectivity index (χ1) is 12.2. The number of guanidine groups is 1. The zero-order chi connectivity index (χ0) is 18.1. The van der Waals surface area contributed by atoms with E-state index in [4.69, 9.17) is 19.2 Å². The molecule has 1 fully saturated rings. The molecule has 6 heteroatoms. The average Bonchev–Trinajstić information content (AvgIpc) is 3.08. The zero-order valence-corrected chi connectivity index (χ0v) is 15.9. The number of nitrogens with zero attached hydrogens (tertiary/aromatic N) is 2. The van der Waals surface area contributed by atoms with Crippen LogP contribution in [0.1, 0.15) is 25.8 Å². The Morgan fingerprint density at radius 1 is 1.28 bits per heavy atom. The Hall–Kier alpha value is -1.95. The van der Waals surface area contributed by atoms with Crippen LogP contribution in [0.15, 0.2) is 23.2 Å². The number of methoxy groups -OCH3 is 2. The molecule has 1 atom stereocenters. The second-order valence-corrected chi connectivity index (χ2v) is 6.14. The standard InChI is InChI=1S/C19H31N3O3/c1-5-20-19(22-10-9-16(13-22)14-23-3)21-12-15-7-8-17(24-4)18(11-15)25-6-2/h7-8,11,16H,5-6,9-10,12-14H2,1-4H3,(H,20,21). The van der Waals surface area contributed by atoms with E-state index in [0.29, 0.717) is 19.1 Å². The van der Waals surface area contributed by atoms with E-state index in [9.17, 15) is 0 Å². The number of benzene rings is 1. The molecule has 140 valence electrons. The molecule has 1 aliphatic heterocycles. The van der Waals surface area contributed by atoms with Gasteiger partial charge in [-0.2, -0.15) is 0 Å². The lowest BCUT2D eigenvalue weighted by molar-refractivity contribution is 0.157. The Morgan fingerprint density at radius 3 is 2.80 bits per heavy atom. The fourth-order valence-electron chi connectivity index (χ4n) is 3.08. The van der Waals surface area contributed by atoms with E-state index in [1.54, 1.807) is 14.2 Å². The van der Waals surface area contributed by atoms with E-state index in [1.165, 1.54) is 0 Å². The minimum absolute atomic E-state index is 0.583. The molecule has 0 amide bonds. The van der Waals surface area contributed by atoms with Gasteiger partial charge in [-0.05, 0) is 38.0 Å². The summed E-state index contributed by atoms with van der Waals surface area (Å²) in [6, 6.07) is 5.98. The summed E-state index contributed by atoms with van der Waals surface area (Å²) in [6.07, 6.45) is 1.15. The maximum atomic E-state index is 5.65. The van der Waals surface area contributed by atoms with E-state index in [0.717, 1.165) is 55.7 Å². The second-order valence-electron chi connectivity index (χ2n) is 6.14. The normalized spacial score (nSPS) is 17.7. The molecule has 25 heavy (non-hydrogen) atoms. The zero-order valence-electron chi connectivity index (χ0n) is 15.9. The summed E-state index contributed by atoms with van der Waals surface area (Å²) in [5.41, 5.74) is 1.10. The van der Waals surface area contributed by atoms with Gasteiger partial charge in [0.15, 0.2) is 17.5 Å². The lowest BCUT2D eigenvalue weighted by atomic mass is 10.1. The molecule has 2 rings (SSSR count). The Bertz CT molecular complexity index is 563. The molecular weight excluding hydrogens is 318 g/mol. The molecule has 1 N–H and O–H groups in total. The molecular formula is C19H31N3O3. The fourth-order valence-corrected chi connectivity index (χ4v) is 3.08. The van der Waals surface area contributed by atoms with Crippen molar-refractivity contribution < 1.29 is 14.2 Å². The summed E-state index contributed by atoms with van der Waals surface area (Å²) in [5, 5.41) is 3.40. The molecule has 1 unspecified atom stereocenters. The van der Waals surface area contributed by atoms with Crippen LogP contribution in [0.25, 0.3) is 0 Å². The third-order valence-corrected chi connectivity index (χ3v) is 4.26. The molecule has 0 bridgehead atoms. The van der Waals surface area contributed by atoms with E-state index >= 15 is 0 Å². The van der Waals surface area contributed by atoms with E-state index in [-0.39, 0.29) is 0 Å². The lowest BCUT2D eigenvalue weighted by Crippen LogP contribution is -2.40. The van der Waals surface area contributed by atoms with Crippen molar-refractivity contribution in [1.29, 1.82) is 0 Å². The Labute approximate surface area is 151 Å². The van der Waals surface area contributed by atoms with Crippen LogP contribution in [0, 0.1) is 5.92 Å².